The zero-order chi connectivity index (χ0) is 13.0. The molecule has 1 heterocycles. The molecule has 18 heavy (non-hydrogen) atoms. The van der Waals surface area contributed by atoms with Crippen molar-refractivity contribution in [1.82, 2.24) is 10.2 Å². The van der Waals surface area contributed by atoms with Gasteiger partial charge in [0.25, 0.3) is 0 Å². The minimum Gasteiger partial charge on any atom is -0.368 e. The normalized spacial score (nSPS) is 21.3. The smallest absolute Gasteiger partial charge is 0.0412 e. The van der Waals surface area contributed by atoms with E-state index in [0.29, 0.717) is 6.04 Å². The maximum absolute atomic E-state index is 3.26. The molecule has 0 radical (unpaired) electrons. The highest BCUT2D eigenvalue weighted by Gasteiger charge is 2.23. The summed E-state index contributed by atoms with van der Waals surface area (Å²) in [7, 11) is 4.25. The Hall–Kier alpha value is -1.06. The minimum absolute atomic E-state index is 0.682. The van der Waals surface area contributed by atoms with Crippen molar-refractivity contribution in [1.29, 1.82) is 0 Å². The summed E-state index contributed by atoms with van der Waals surface area (Å²) in [5.74, 6) is 0. The molecule has 1 aliphatic rings. The molecule has 1 N–H and O–H groups in total. The van der Waals surface area contributed by atoms with Crippen molar-refractivity contribution in [2.75, 3.05) is 38.6 Å². The molecule has 1 fully saturated rings. The van der Waals surface area contributed by atoms with Gasteiger partial charge in [-0.3, -0.25) is 4.90 Å². The van der Waals surface area contributed by atoms with Crippen LogP contribution < -0.4 is 10.2 Å². The van der Waals surface area contributed by atoms with E-state index in [-0.39, 0.29) is 0 Å². The topological polar surface area (TPSA) is 18.5 Å². The number of para-hydroxylation sites is 1. The Morgan fingerprint density at radius 3 is 2.78 bits per heavy atom. The molecule has 1 saturated heterocycles. The molecule has 1 aliphatic heterocycles. The summed E-state index contributed by atoms with van der Waals surface area (Å²) in [6, 6.07) is 9.44. The first-order valence-electron chi connectivity index (χ1n) is 6.94. The lowest BCUT2D eigenvalue weighted by Gasteiger charge is -2.41. The molecule has 0 bridgehead atoms. The summed E-state index contributed by atoms with van der Waals surface area (Å²) >= 11 is 0. The van der Waals surface area contributed by atoms with Crippen LogP contribution in [0.25, 0.3) is 0 Å². The second-order valence-electron chi connectivity index (χ2n) is 5.15. The van der Waals surface area contributed by atoms with Crippen LogP contribution >= 0.6 is 0 Å². The van der Waals surface area contributed by atoms with E-state index in [1.807, 2.05) is 7.05 Å². The Kier molecular flexibility index (Phi) is 4.61. The lowest BCUT2D eigenvalue weighted by molar-refractivity contribution is 0.213. The lowest BCUT2D eigenvalue weighted by atomic mass is 10.1. The average Bonchev–Trinajstić information content (AvgIpc) is 2.40. The van der Waals surface area contributed by atoms with Crippen LogP contribution in [0.15, 0.2) is 24.3 Å². The van der Waals surface area contributed by atoms with Crippen LogP contribution in [-0.4, -0.2) is 44.7 Å². The third-order valence-corrected chi connectivity index (χ3v) is 3.95. The molecule has 1 atom stereocenters. The van der Waals surface area contributed by atoms with Gasteiger partial charge in [0.1, 0.15) is 0 Å². The Bertz CT molecular complexity index is 378. The van der Waals surface area contributed by atoms with Gasteiger partial charge >= 0.3 is 0 Å². The maximum atomic E-state index is 3.26. The van der Waals surface area contributed by atoms with E-state index in [9.17, 15) is 0 Å². The van der Waals surface area contributed by atoms with Crippen LogP contribution in [0.2, 0.25) is 0 Å². The van der Waals surface area contributed by atoms with Gasteiger partial charge in [0, 0.05) is 37.9 Å². The summed E-state index contributed by atoms with van der Waals surface area (Å²) in [5, 5.41) is 3.26. The largest absolute Gasteiger partial charge is 0.368 e. The molecule has 0 spiro atoms. The molecule has 0 aliphatic carbocycles. The first kappa shape index (κ1) is 13.4. The van der Waals surface area contributed by atoms with Gasteiger partial charge in [-0.25, -0.2) is 0 Å². The average molecular weight is 247 g/mol. The van der Waals surface area contributed by atoms with Gasteiger partial charge in [-0.05, 0) is 32.1 Å². The second-order valence-corrected chi connectivity index (χ2v) is 5.15. The number of anilines is 1. The van der Waals surface area contributed by atoms with E-state index in [0.717, 1.165) is 26.2 Å². The number of benzene rings is 1. The van der Waals surface area contributed by atoms with Gasteiger partial charge in [-0.1, -0.05) is 25.1 Å². The van der Waals surface area contributed by atoms with Gasteiger partial charge < -0.3 is 10.2 Å². The monoisotopic (exact) mass is 247 g/mol. The van der Waals surface area contributed by atoms with Gasteiger partial charge in [0.05, 0.1) is 0 Å². The first-order valence-corrected chi connectivity index (χ1v) is 6.94. The summed E-state index contributed by atoms with van der Waals surface area (Å²) in [5.41, 5.74) is 2.80. The van der Waals surface area contributed by atoms with Gasteiger partial charge in [0.2, 0.25) is 0 Å². The molecular formula is C15H25N3. The molecule has 3 nitrogen and oxygen atoms in total. The highest BCUT2D eigenvalue weighted by Crippen LogP contribution is 2.23. The fourth-order valence-corrected chi connectivity index (χ4v) is 2.76. The minimum atomic E-state index is 0.682. The zero-order valence-electron chi connectivity index (χ0n) is 11.8. The van der Waals surface area contributed by atoms with E-state index in [4.69, 9.17) is 0 Å². The van der Waals surface area contributed by atoms with E-state index in [1.54, 1.807) is 0 Å². The van der Waals surface area contributed by atoms with Crippen LogP contribution in [-0.2, 0) is 6.54 Å². The Balaban J connectivity index is 2.16. The van der Waals surface area contributed by atoms with Crippen LogP contribution in [0.1, 0.15) is 18.9 Å². The van der Waals surface area contributed by atoms with Crippen molar-refractivity contribution in [2.24, 2.45) is 0 Å². The Labute approximate surface area is 111 Å². The molecule has 3 heteroatoms. The Morgan fingerprint density at radius 1 is 1.28 bits per heavy atom. The molecule has 0 amide bonds. The number of nitrogens with one attached hydrogen (secondary N) is 1. The second kappa shape index (κ2) is 6.21. The quantitative estimate of drug-likeness (QED) is 0.877. The standard InChI is InChI=1S/C15H25N3/c1-4-14-12-18(10-9-17(14)3)15-8-6-5-7-13(15)11-16-2/h5-8,14,16H,4,9-12H2,1-3H3. The third kappa shape index (κ3) is 2.85. The van der Waals surface area contributed by atoms with E-state index in [1.165, 1.54) is 17.7 Å². The summed E-state index contributed by atoms with van der Waals surface area (Å²) in [4.78, 5) is 5.03. The SMILES string of the molecule is CCC1CN(c2ccccc2CNC)CCN1C. The van der Waals surface area contributed by atoms with Crippen LogP contribution in [0, 0.1) is 0 Å². The summed E-state index contributed by atoms with van der Waals surface area (Å²) in [6.07, 6.45) is 1.22. The predicted octanol–water partition coefficient (Wildman–Crippen LogP) is 1.94. The summed E-state index contributed by atoms with van der Waals surface area (Å²) in [6.45, 7) is 6.66. The van der Waals surface area contributed by atoms with Gasteiger partial charge in [0.15, 0.2) is 0 Å². The number of hydrogen-bond acceptors (Lipinski definition) is 3. The highest BCUT2D eigenvalue weighted by atomic mass is 15.3. The molecule has 1 aromatic carbocycles. The van der Waals surface area contributed by atoms with E-state index < -0.39 is 0 Å². The van der Waals surface area contributed by atoms with Crippen molar-refractivity contribution in [3.05, 3.63) is 29.8 Å². The fraction of sp³-hybridized carbons (Fsp3) is 0.600. The van der Waals surface area contributed by atoms with Crippen LogP contribution in [0.4, 0.5) is 5.69 Å². The van der Waals surface area contributed by atoms with E-state index in [2.05, 4.69) is 53.4 Å². The van der Waals surface area contributed by atoms with Crippen molar-refractivity contribution in [3.63, 3.8) is 0 Å². The van der Waals surface area contributed by atoms with Gasteiger partial charge in [-0.2, -0.15) is 0 Å². The van der Waals surface area contributed by atoms with E-state index >= 15 is 0 Å². The number of piperazine rings is 1. The molecule has 1 aromatic rings. The fourth-order valence-electron chi connectivity index (χ4n) is 2.76. The molecule has 0 saturated carbocycles. The van der Waals surface area contributed by atoms with Crippen LogP contribution in [0.3, 0.4) is 0 Å². The van der Waals surface area contributed by atoms with Crippen molar-refractivity contribution in [3.8, 4) is 0 Å². The third-order valence-electron chi connectivity index (χ3n) is 3.95. The van der Waals surface area contributed by atoms with Crippen molar-refractivity contribution in [2.45, 2.75) is 25.9 Å². The molecule has 1 unspecified atom stereocenters. The zero-order valence-corrected chi connectivity index (χ0v) is 11.8. The predicted molar refractivity (Wildman–Crippen MR) is 78.1 cm³/mol. The number of nitrogens with zero attached hydrogens (tertiary/aromatic N) is 2. The molecule has 100 valence electrons. The van der Waals surface area contributed by atoms with Crippen molar-refractivity contribution < 1.29 is 0 Å². The molecule has 0 aromatic heterocycles. The molecule has 2 rings (SSSR count). The lowest BCUT2D eigenvalue weighted by Crippen LogP contribution is -2.51. The molecular weight excluding hydrogens is 222 g/mol. The first-order chi connectivity index (χ1) is 8.76. The van der Waals surface area contributed by atoms with Crippen molar-refractivity contribution >= 4 is 5.69 Å². The number of hydrogen-bond donors (Lipinski definition) is 1. The maximum Gasteiger partial charge on any atom is 0.0412 e. The summed E-state index contributed by atoms with van der Waals surface area (Å²) < 4.78 is 0. The number of rotatable bonds is 4. The van der Waals surface area contributed by atoms with Crippen LogP contribution in [0.5, 0.6) is 0 Å². The number of likely N-dealkylation sites (N-methyl/N-ethyl adjacent to an activating group) is 1. The van der Waals surface area contributed by atoms with Gasteiger partial charge in [-0.15, -0.1) is 0 Å². The Morgan fingerprint density at radius 2 is 2.06 bits per heavy atom. The highest BCUT2D eigenvalue weighted by molar-refractivity contribution is 5.54.